The van der Waals surface area contributed by atoms with Crippen molar-refractivity contribution >= 4 is 0 Å². The second-order valence-electron chi connectivity index (χ2n) is 3.09. The van der Waals surface area contributed by atoms with E-state index in [-0.39, 0.29) is 17.6 Å². The van der Waals surface area contributed by atoms with E-state index >= 15 is 0 Å². The summed E-state index contributed by atoms with van der Waals surface area (Å²) >= 11 is 0. The van der Waals surface area contributed by atoms with Crippen molar-refractivity contribution in [1.82, 2.24) is 0 Å². The van der Waals surface area contributed by atoms with E-state index in [1.54, 1.807) is 6.92 Å². The van der Waals surface area contributed by atoms with Crippen molar-refractivity contribution in [3.63, 3.8) is 0 Å². The Labute approximate surface area is 89.3 Å². The fourth-order valence-corrected chi connectivity index (χ4v) is 1.07. The largest absolute Gasteiger partial charge is 0.508 e. The number of hydrogen-bond acceptors (Lipinski definition) is 3. The predicted molar refractivity (Wildman–Crippen MR) is 57.9 cm³/mol. The molecule has 0 aliphatic rings. The first-order valence-electron chi connectivity index (χ1n) is 4.80. The molecule has 1 unspecified atom stereocenters. The van der Waals surface area contributed by atoms with Crippen LogP contribution in [0.1, 0.15) is 20.3 Å². The predicted octanol–water partition coefficient (Wildman–Crippen LogP) is 2.28. The van der Waals surface area contributed by atoms with E-state index in [1.165, 1.54) is 18.2 Å². The van der Waals surface area contributed by atoms with Gasteiger partial charge in [0, 0.05) is 12.5 Å². The van der Waals surface area contributed by atoms with E-state index < -0.39 is 0 Å². The third-order valence-electron chi connectivity index (χ3n) is 1.73. The molecular formula is C12H14O3. The van der Waals surface area contributed by atoms with Crippen LogP contribution in [0, 0.1) is 11.8 Å². The molecule has 0 saturated heterocycles. The molecule has 0 spiro atoms. The van der Waals surface area contributed by atoms with E-state index in [4.69, 9.17) is 9.84 Å². The van der Waals surface area contributed by atoms with Crippen LogP contribution in [-0.4, -0.2) is 16.3 Å². The van der Waals surface area contributed by atoms with Gasteiger partial charge in [-0.05, 0) is 19.1 Å². The quantitative estimate of drug-likeness (QED) is 0.730. The lowest BCUT2D eigenvalue weighted by atomic mass is 10.3. The summed E-state index contributed by atoms with van der Waals surface area (Å²) < 4.78 is 5.37. The zero-order valence-corrected chi connectivity index (χ0v) is 8.82. The van der Waals surface area contributed by atoms with Crippen LogP contribution >= 0.6 is 0 Å². The minimum absolute atomic E-state index is 0.00662. The van der Waals surface area contributed by atoms with Crippen LogP contribution < -0.4 is 4.74 Å². The van der Waals surface area contributed by atoms with E-state index in [9.17, 15) is 5.11 Å². The van der Waals surface area contributed by atoms with Crippen LogP contribution in [0.3, 0.4) is 0 Å². The number of aromatic hydroxyl groups is 2. The van der Waals surface area contributed by atoms with Crippen molar-refractivity contribution in [2.75, 3.05) is 0 Å². The van der Waals surface area contributed by atoms with Gasteiger partial charge in [0.25, 0.3) is 0 Å². The molecule has 1 aromatic rings. The van der Waals surface area contributed by atoms with E-state index in [1.807, 2.05) is 6.92 Å². The first-order chi connectivity index (χ1) is 7.13. The summed E-state index contributed by atoms with van der Waals surface area (Å²) in [6.07, 6.45) is 0.496. The molecule has 1 atom stereocenters. The minimum atomic E-state index is -0.277. The van der Waals surface area contributed by atoms with Crippen molar-refractivity contribution in [1.29, 1.82) is 0 Å². The SMILES string of the molecule is CCC#CC(C)Oc1ccc(O)cc1O. The molecule has 2 N–H and O–H groups in total. The molecule has 0 fully saturated rings. The van der Waals surface area contributed by atoms with Crippen LogP contribution in [0.25, 0.3) is 0 Å². The van der Waals surface area contributed by atoms with Crippen LogP contribution in [0.5, 0.6) is 17.2 Å². The van der Waals surface area contributed by atoms with Gasteiger partial charge in [-0.15, -0.1) is 0 Å². The van der Waals surface area contributed by atoms with Gasteiger partial charge in [0.15, 0.2) is 17.6 Å². The standard InChI is InChI=1S/C12H14O3/c1-3-4-5-9(2)15-12-7-6-10(13)8-11(12)14/h6-9,13-14H,3H2,1-2H3. The first kappa shape index (κ1) is 11.3. The summed E-state index contributed by atoms with van der Waals surface area (Å²) in [6.45, 7) is 3.76. The van der Waals surface area contributed by atoms with Crippen molar-refractivity contribution < 1.29 is 14.9 Å². The highest BCUT2D eigenvalue weighted by Gasteiger charge is 2.05. The van der Waals surface area contributed by atoms with Gasteiger partial charge < -0.3 is 14.9 Å². The zero-order chi connectivity index (χ0) is 11.3. The molecule has 0 saturated carbocycles. The number of hydrogen-bond donors (Lipinski definition) is 2. The van der Waals surface area contributed by atoms with Gasteiger partial charge in [0.1, 0.15) is 5.75 Å². The van der Waals surface area contributed by atoms with Crippen LogP contribution in [0.15, 0.2) is 18.2 Å². The average Bonchev–Trinajstić information content (AvgIpc) is 2.19. The summed E-state index contributed by atoms with van der Waals surface area (Å²) in [5.74, 6) is 6.02. The lowest BCUT2D eigenvalue weighted by Gasteiger charge is -2.10. The smallest absolute Gasteiger partial charge is 0.163 e. The van der Waals surface area contributed by atoms with Gasteiger partial charge in [-0.1, -0.05) is 18.8 Å². The molecule has 0 bridgehead atoms. The summed E-state index contributed by atoms with van der Waals surface area (Å²) in [5.41, 5.74) is 0. The fourth-order valence-electron chi connectivity index (χ4n) is 1.07. The van der Waals surface area contributed by atoms with Crippen LogP contribution in [-0.2, 0) is 0 Å². The molecule has 3 heteroatoms. The molecule has 0 heterocycles. The second-order valence-corrected chi connectivity index (χ2v) is 3.09. The van der Waals surface area contributed by atoms with Crippen LogP contribution in [0.2, 0.25) is 0 Å². The number of phenols is 2. The number of phenolic OH excluding ortho intramolecular Hbond substituents is 2. The summed E-state index contributed by atoms with van der Waals surface area (Å²) in [4.78, 5) is 0. The van der Waals surface area contributed by atoms with Gasteiger partial charge in [-0.2, -0.15) is 0 Å². The van der Waals surface area contributed by atoms with Gasteiger partial charge in [0.2, 0.25) is 0 Å². The maximum atomic E-state index is 9.43. The Balaban J connectivity index is 2.72. The lowest BCUT2D eigenvalue weighted by molar-refractivity contribution is 0.264. The molecule has 3 nitrogen and oxygen atoms in total. The van der Waals surface area contributed by atoms with Crippen LogP contribution in [0.4, 0.5) is 0 Å². The molecule has 80 valence electrons. The van der Waals surface area contributed by atoms with Gasteiger partial charge in [-0.3, -0.25) is 0 Å². The number of rotatable bonds is 2. The highest BCUT2D eigenvalue weighted by atomic mass is 16.5. The lowest BCUT2D eigenvalue weighted by Crippen LogP contribution is -2.08. The third kappa shape index (κ3) is 3.43. The Morgan fingerprint density at radius 2 is 2.13 bits per heavy atom. The minimum Gasteiger partial charge on any atom is -0.508 e. The maximum Gasteiger partial charge on any atom is 0.163 e. The Morgan fingerprint density at radius 1 is 1.40 bits per heavy atom. The van der Waals surface area contributed by atoms with Crippen molar-refractivity contribution in [3.8, 4) is 29.1 Å². The molecule has 1 rings (SSSR count). The van der Waals surface area contributed by atoms with E-state index in [0.29, 0.717) is 5.75 Å². The molecule has 0 aromatic heterocycles. The Morgan fingerprint density at radius 3 is 2.73 bits per heavy atom. The first-order valence-corrected chi connectivity index (χ1v) is 4.80. The Kier molecular flexibility index (Phi) is 3.87. The van der Waals surface area contributed by atoms with Gasteiger partial charge in [-0.25, -0.2) is 0 Å². The molecule has 15 heavy (non-hydrogen) atoms. The molecule has 0 radical (unpaired) electrons. The third-order valence-corrected chi connectivity index (χ3v) is 1.73. The van der Waals surface area contributed by atoms with Crippen molar-refractivity contribution in [3.05, 3.63) is 18.2 Å². The van der Waals surface area contributed by atoms with E-state index in [0.717, 1.165) is 6.42 Å². The molecule has 0 aliphatic carbocycles. The molecule has 0 amide bonds. The molecule has 1 aromatic carbocycles. The highest BCUT2D eigenvalue weighted by Crippen LogP contribution is 2.29. The zero-order valence-electron chi connectivity index (χ0n) is 8.82. The number of ether oxygens (including phenoxy) is 1. The maximum absolute atomic E-state index is 9.43. The molecule has 0 aliphatic heterocycles. The highest BCUT2D eigenvalue weighted by molar-refractivity contribution is 5.44. The monoisotopic (exact) mass is 206 g/mol. The summed E-state index contributed by atoms with van der Waals surface area (Å²) in [5, 5.41) is 18.5. The topological polar surface area (TPSA) is 49.7 Å². The van der Waals surface area contributed by atoms with Gasteiger partial charge >= 0.3 is 0 Å². The summed E-state index contributed by atoms with van der Waals surface area (Å²) in [6, 6.07) is 4.19. The average molecular weight is 206 g/mol. The fraction of sp³-hybridized carbons (Fsp3) is 0.333. The normalized spacial score (nSPS) is 11.3. The Bertz CT molecular complexity index is 388. The summed E-state index contributed by atoms with van der Waals surface area (Å²) in [7, 11) is 0. The molecular weight excluding hydrogens is 192 g/mol. The van der Waals surface area contributed by atoms with E-state index in [2.05, 4.69) is 11.8 Å². The van der Waals surface area contributed by atoms with Crippen molar-refractivity contribution in [2.24, 2.45) is 0 Å². The number of benzene rings is 1. The Hall–Kier alpha value is -1.82. The second kappa shape index (κ2) is 5.16. The van der Waals surface area contributed by atoms with Crippen molar-refractivity contribution in [2.45, 2.75) is 26.4 Å². The van der Waals surface area contributed by atoms with Gasteiger partial charge in [0.05, 0.1) is 0 Å².